The quantitative estimate of drug-likeness (QED) is 0.361. The molecule has 9 nitrogen and oxygen atoms in total. The van der Waals surface area contributed by atoms with Gasteiger partial charge in [0.2, 0.25) is 5.95 Å². The van der Waals surface area contributed by atoms with E-state index >= 15 is 0 Å². The second-order valence-electron chi connectivity index (χ2n) is 11.8. The topological polar surface area (TPSA) is 90.1 Å². The lowest BCUT2D eigenvalue weighted by Gasteiger charge is -2.34. The molecular weight excluding hydrogens is 490 g/mol. The Morgan fingerprint density at radius 3 is 2.64 bits per heavy atom. The Kier molecular flexibility index (Phi) is 7.31. The Bertz CT molecular complexity index is 1550. The average Bonchev–Trinajstić information content (AvgIpc) is 3.19. The normalized spacial score (nSPS) is 16.2. The fourth-order valence-corrected chi connectivity index (χ4v) is 5.24. The molecule has 1 atom stereocenters. The van der Waals surface area contributed by atoms with Crippen LogP contribution >= 0.6 is 0 Å². The zero-order valence-electron chi connectivity index (χ0n) is 24.0. The van der Waals surface area contributed by atoms with E-state index in [0.29, 0.717) is 23.0 Å². The van der Waals surface area contributed by atoms with Crippen molar-refractivity contribution in [1.82, 2.24) is 29.2 Å². The lowest BCUT2D eigenvalue weighted by molar-refractivity contribution is 0.113. The molecule has 4 heterocycles. The number of anilines is 2. The predicted molar refractivity (Wildman–Crippen MR) is 155 cm³/mol. The van der Waals surface area contributed by atoms with Gasteiger partial charge in [0.1, 0.15) is 5.39 Å². The van der Waals surface area contributed by atoms with Crippen molar-refractivity contribution in [2.45, 2.75) is 72.0 Å². The summed E-state index contributed by atoms with van der Waals surface area (Å²) in [6, 6.07) is 10.8. The van der Waals surface area contributed by atoms with Crippen molar-refractivity contribution in [2.24, 2.45) is 0 Å². The van der Waals surface area contributed by atoms with E-state index in [2.05, 4.69) is 66.1 Å². The summed E-state index contributed by atoms with van der Waals surface area (Å²) in [5.74, 6) is 0.447. The Balaban J connectivity index is 1.53. The summed E-state index contributed by atoms with van der Waals surface area (Å²) in [4.78, 5) is 29.8. The first-order valence-corrected chi connectivity index (χ1v) is 13.7. The van der Waals surface area contributed by atoms with Crippen molar-refractivity contribution in [2.75, 3.05) is 25.6 Å². The van der Waals surface area contributed by atoms with Gasteiger partial charge in [-0.3, -0.25) is 14.7 Å². The highest BCUT2D eigenvalue weighted by molar-refractivity contribution is 5.77. The van der Waals surface area contributed by atoms with Crippen molar-refractivity contribution in [1.29, 1.82) is 0 Å². The lowest BCUT2D eigenvalue weighted by Crippen LogP contribution is -2.40. The third-order valence-corrected chi connectivity index (χ3v) is 7.43. The Hall–Kier alpha value is -3.56. The van der Waals surface area contributed by atoms with Gasteiger partial charge in [0.05, 0.1) is 12.3 Å². The number of fused-ring (bicyclic) bond motifs is 2. The summed E-state index contributed by atoms with van der Waals surface area (Å²) in [5, 5.41) is 3.87. The molecule has 3 aromatic heterocycles. The van der Waals surface area contributed by atoms with Crippen LogP contribution in [-0.4, -0.2) is 55.5 Å². The number of aromatic nitrogens is 5. The summed E-state index contributed by atoms with van der Waals surface area (Å²) in [7, 11) is 1.74. The largest absolute Gasteiger partial charge is 0.383 e. The monoisotopic (exact) mass is 529 g/mol. The third-order valence-electron chi connectivity index (χ3n) is 7.43. The van der Waals surface area contributed by atoms with E-state index in [1.807, 2.05) is 30.7 Å². The molecule has 206 valence electrons. The molecule has 0 fully saturated rings. The minimum atomic E-state index is -0.132. The van der Waals surface area contributed by atoms with Crippen LogP contribution in [0.4, 0.5) is 11.6 Å². The minimum Gasteiger partial charge on any atom is -0.383 e. The van der Waals surface area contributed by atoms with Crippen LogP contribution in [0.15, 0.2) is 47.5 Å². The number of nitrogens with zero attached hydrogens (tertiary/aromatic N) is 6. The smallest absolute Gasteiger partial charge is 0.278 e. The van der Waals surface area contributed by atoms with E-state index in [9.17, 15) is 4.79 Å². The van der Waals surface area contributed by atoms with E-state index in [0.717, 1.165) is 43.2 Å². The molecule has 39 heavy (non-hydrogen) atoms. The molecule has 0 radical (unpaired) electrons. The van der Waals surface area contributed by atoms with Gasteiger partial charge < -0.3 is 10.1 Å². The number of hydrogen-bond acceptors (Lipinski definition) is 7. The molecule has 1 unspecified atom stereocenters. The third kappa shape index (κ3) is 5.33. The summed E-state index contributed by atoms with van der Waals surface area (Å²) in [5.41, 5.74) is 5.70. The maximum Gasteiger partial charge on any atom is 0.278 e. The molecule has 4 aromatic rings. The zero-order chi connectivity index (χ0) is 27.9. The number of hydrogen-bond donors (Lipinski definition) is 1. The van der Waals surface area contributed by atoms with E-state index in [-0.39, 0.29) is 17.0 Å². The van der Waals surface area contributed by atoms with E-state index in [1.165, 1.54) is 11.1 Å². The van der Waals surface area contributed by atoms with Gasteiger partial charge in [-0.05, 0) is 62.6 Å². The molecular formula is C30H39N7O2. The summed E-state index contributed by atoms with van der Waals surface area (Å²) in [6.45, 7) is 15.2. The molecule has 1 aromatic carbocycles. The van der Waals surface area contributed by atoms with Crippen LogP contribution in [0, 0.1) is 0 Å². The Labute approximate surface area is 229 Å². The van der Waals surface area contributed by atoms with Crippen molar-refractivity contribution in [3.05, 3.63) is 69.9 Å². The lowest BCUT2D eigenvalue weighted by atomic mass is 9.91. The van der Waals surface area contributed by atoms with Crippen LogP contribution in [-0.2, 0) is 23.1 Å². The van der Waals surface area contributed by atoms with Gasteiger partial charge >= 0.3 is 0 Å². The number of pyridine rings is 1. The first-order valence-electron chi connectivity index (χ1n) is 13.7. The number of nitrogens with one attached hydrogen (secondary N) is 1. The summed E-state index contributed by atoms with van der Waals surface area (Å²) < 4.78 is 8.94. The summed E-state index contributed by atoms with van der Waals surface area (Å²) in [6.07, 6.45) is 4.43. The van der Waals surface area contributed by atoms with E-state index in [1.54, 1.807) is 24.2 Å². The van der Waals surface area contributed by atoms with Crippen molar-refractivity contribution in [3.8, 4) is 5.69 Å². The van der Waals surface area contributed by atoms with E-state index in [4.69, 9.17) is 9.72 Å². The number of methoxy groups -OCH3 is 1. The highest BCUT2D eigenvalue weighted by Gasteiger charge is 2.24. The molecule has 1 aliphatic heterocycles. The SMILES string of the molecule is COCCN1Cc2cc(Nc3ncc4c(=O)n(C(C)C)n(-c5ccnc(C(C)(C)C)c5)c4n3)ccc2CC1C. The molecule has 1 aliphatic rings. The second-order valence-corrected chi connectivity index (χ2v) is 11.8. The molecule has 0 amide bonds. The van der Waals surface area contributed by atoms with Gasteiger partial charge in [-0.25, -0.2) is 14.3 Å². The Morgan fingerprint density at radius 2 is 1.92 bits per heavy atom. The van der Waals surface area contributed by atoms with Crippen LogP contribution in [0.1, 0.15) is 64.4 Å². The second kappa shape index (κ2) is 10.5. The van der Waals surface area contributed by atoms with Crippen LogP contribution in [0.2, 0.25) is 0 Å². The van der Waals surface area contributed by atoms with Gasteiger partial charge in [-0.2, -0.15) is 4.98 Å². The minimum absolute atomic E-state index is 0.0709. The number of benzene rings is 1. The van der Waals surface area contributed by atoms with Gasteiger partial charge in [0.25, 0.3) is 5.56 Å². The number of rotatable bonds is 7. The van der Waals surface area contributed by atoms with Crippen molar-refractivity contribution >= 4 is 22.7 Å². The van der Waals surface area contributed by atoms with Crippen molar-refractivity contribution in [3.63, 3.8) is 0 Å². The van der Waals surface area contributed by atoms with Gasteiger partial charge in [-0.1, -0.05) is 26.8 Å². The maximum atomic E-state index is 13.4. The molecule has 0 bridgehead atoms. The Morgan fingerprint density at radius 1 is 1.13 bits per heavy atom. The predicted octanol–water partition coefficient (Wildman–Crippen LogP) is 4.99. The molecule has 5 rings (SSSR count). The molecule has 0 aliphatic carbocycles. The van der Waals surface area contributed by atoms with Crippen molar-refractivity contribution < 1.29 is 4.74 Å². The molecule has 0 saturated carbocycles. The maximum absolute atomic E-state index is 13.4. The van der Waals surface area contributed by atoms with Crippen LogP contribution < -0.4 is 10.9 Å². The highest BCUT2D eigenvalue weighted by Crippen LogP contribution is 2.28. The zero-order valence-corrected chi connectivity index (χ0v) is 24.0. The first-order chi connectivity index (χ1) is 18.6. The molecule has 0 spiro atoms. The van der Waals surface area contributed by atoms with Crippen LogP contribution in [0.25, 0.3) is 16.7 Å². The fourth-order valence-electron chi connectivity index (χ4n) is 5.24. The van der Waals surface area contributed by atoms with Gasteiger partial charge in [-0.15, -0.1) is 0 Å². The highest BCUT2D eigenvalue weighted by atomic mass is 16.5. The number of ether oxygens (including phenoxy) is 1. The average molecular weight is 530 g/mol. The molecule has 0 saturated heterocycles. The molecule has 1 N–H and O–H groups in total. The standard InChI is InChI=1S/C30H39N7O2/c1-19(2)36-28(38)25-17-32-29(34-27(25)37(36)24-10-11-31-26(16-24)30(4,5)6)33-23-9-8-21-14-20(3)35(12-13-39-7)18-22(21)15-23/h8-11,15-17,19-20H,12-14,18H2,1-7H3,(H,32,33,34). The fraction of sp³-hybridized carbons (Fsp3) is 0.467. The van der Waals surface area contributed by atoms with Crippen LogP contribution in [0.5, 0.6) is 0 Å². The van der Waals surface area contributed by atoms with E-state index < -0.39 is 0 Å². The summed E-state index contributed by atoms with van der Waals surface area (Å²) >= 11 is 0. The van der Waals surface area contributed by atoms with Gasteiger partial charge in [0.15, 0.2) is 5.65 Å². The first kappa shape index (κ1) is 27.0. The molecule has 9 heteroatoms. The van der Waals surface area contributed by atoms with Gasteiger partial charge in [0, 0.05) is 61.5 Å². The van der Waals surface area contributed by atoms with Crippen LogP contribution in [0.3, 0.4) is 0 Å².